The summed E-state index contributed by atoms with van der Waals surface area (Å²) in [6.07, 6.45) is 7.48. The van der Waals surface area contributed by atoms with Gasteiger partial charge in [0.2, 0.25) is 5.91 Å². The number of ether oxygens (including phenoxy) is 1. The minimum atomic E-state index is -0.380. The molecule has 1 aliphatic heterocycles. The molecule has 6 heteroatoms. The van der Waals surface area contributed by atoms with Gasteiger partial charge in [-0.15, -0.1) is 0 Å². The Morgan fingerprint density at radius 1 is 1.25 bits per heavy atom. The van der Waals surface area contributed by atoms with Gasteiger partial charge in [0.1, 0.15) is 0 Å². The molecule has 2 N–H and O–H groups in total. The molecule has 4 rings (SSSR count). The third kappa shape index (κ3) is 4.55. The van der Waals surface area contributed by atoms with E-state index in [0.29, 0.717) is 17.6 Å². The quantitative estimate of drug-likeness (QED) is 0.759. The van der Waals surface area contributed by atoms with Crippen molar-refractivity contribution in [2.45, 2.75) is 52.2 Å². The maximum Gasteiger partial charge on any atom is 0.248 e. The van der Waals surface area contributed by atoms with Crippen LogP contribution in [0.2, 0.25) is 0 Å². The van der Waals surface area contributed by atoms with Crippen LogP contribution in [0.5, 0.6) is 0 Å². The number of hydrogen-bond acceptors (Lipinski definition) is 4. The van der Waals surface area contributed by atoms with Crippen molar-refractivity contribution in [2.75, 3.05) is 26.2 Å². The Morgan fingerprint density at radius 3 is 2.68 bits per heavy atom. The summed E-state index contributed by atoms with van der Waals surface area (Å²) in [4.78, 5) is 14.1. The largest absolute Gasteiger partial charge is 0.377 e. The second-order valence-corrected chi connectivity index (χ2v) is 8.72. The highest BCUT2D eigenvalue weighted by Crippen LogP contribution is 2.29. The zero-order chi connectivity index (χ0) is 19.7. The molecule has 1 aliphatic carbocycles. The number of benzene rings is 1. The van der Waals surface area contributed by atoms with Crippen LogP contribution >= 0.6 is 0 Å². The average molecular weight is 385 g/mol. The number of aryl methyl sites for hydroxylation is 1. The van der Waals surface area contributed by atoms with Crippen molar-refractivity contribution in [3.05, 3.63) is 29.5 Å². The fourth-order valence-corrected chi connectivity index (χ4v) is 4.26. The molecule has 1 saturated carbocycles. The lowest BCUT2D eigenvalue weighted by atomic mass is 9.96. The van der Waals surface area contributed by atoms with E-state index in [2.05, 4.69) is 18.0 Å². The van der Waals surface area contributed by atoms with Gasteiger partial charge in [-0.05, 0) is 82.2 Å². The Kier molecular flexibility index (Phi) is 5.69. The number of primary amides is 1. The number of piperidine rings is 1. The van der Waals surface area contributed by atoms with Gasteiger partial charge in [-0.2, -0.15) is 5.10 Å². The Balaban J connectivity index is 1.29. The molecule has 0 radical (unpaired) electrons. The average Bonchev–Trinajstić information content (AvgIpc) is 3.40. The number of carbonyl (C=O) groups excluding carboxylic acids is 1. The summed E-state index contributed by atoms with van der Waals surface area (Å²) in [5, 5.41) is 5.74. The molecule has 152 valence electrons. The first-order valence-electron chi connectivity index (χ1n) is 10.6. The minimum absolute atomic E-state index is 0.330. The van der Waals surface area contributed by atoms with Crippen LogP contribution in [-0.2, 0) is 11.3 Å². The van der Waals surface area contributed by atoms with E-state index in [4.69, 9.17) is 15.6 Å². The molecule has 1 amide bonds. The van der Waals surface area contributed by atoms with Gasteiger partial charge in [0.05, 0.1) is 11.6 Å². The van der Waals surface area contributed by atoms with Crippen LogP contribution < -0.4 is 5.73 Å². The molecule has 0 bridgehead atoms. The van der Waals surface area contributed by atoms with Crippen molar-refractivity contribution in [1.29, 1.82) is 0 Å². The van der Waals surface area contributed by atoms with Crippen LogP contribution in [0.3, 0.4) is 0 Å². The van der Waals surface area contributed by atoms with Gasteiger partial charge in [0, 0.05) is 36.8 Å². The van der Waals surface area contributed by atoms with E-state index in [1.165, 1.54) is 25.7 Å². The Hall–Kier alpha value is -1.92. The summed E-state index contributed by atoms with van der Waals surface area (Å²) in [6.45, 7) is 9.33. The van der Waals surface area contributed by atoms with Crippen molar-refractivity contribution in [3.63, 3.8) is 0 Å². The fourth-order valence-electron chi connectivity index (χ4n) is 4.26. The van der Waals surface area contributed by atoms with E-state index in [9.17, 15) is 4.79 Å². The van der Waals surface area contributed by atoms with Crippen molar-refractivity contribution in [1.82, 2.24) is 14.7 Å². The first kappa shape index (κ1) is 19.4. The molecule has 1 atom stereocenters. The molecular formula is C22H32N4O2. The van der Waals surface area contributed by atoms with E-state index >= 15 is 0 Å². The summed E-state index contributed by atoms with van der Waals surface area (Å²) in [6, 6.07) is 3.67. The number of nitrogens with zero attached hydrogens (tertiary/aromatic N) is 3. The normalized spacial score (nSPS) is 19.9. The van der Waals surface area contributed by atoms with Crippen molar-refractivity contribution in [2.24, 2.45) is 17.6 Å². The van der Waals surface area contributed by atoms with Gasteiger partial charge in [-0.3, -0.25) is 9.48 Å². The van der Waals surface area contributed by atoms with Crippen LogP contribution in [0.4, 0.5) is 0 Å². The number of likely N-dealkylation sites (tertiary alicyclic amines) is 1. The number of hydrogen-bond donors (Lipinski definition) is 1. The molecule has 6 nitrogen and oxygen atoms in total. The van der Waals surface area contributed by atoms with Gasteiger partial charge in [0.15, 0.2) is 0 Å². The van der Waals surface area contributed by atoms with Crippen LogP contribution in [0.15, 0.2) is 18.3 Å². The first-order valence-corrected chi connectivity index (χ1v) is 10.6. The van der Waals surface area contributed by atoms with E-state index in [1.54, 1.807) is 6.07 Å². The molecule has 1 saturated heterocycles. The maximum absolute atomic E-state index is 11.6. The molecule has 2 aliphatic rings. The van der Waals surface area contributed by atoms with Gasteiger partial charge in [-0.25, -0.2) is 0 Å². The predicted octanol–water partition coefficient (Wildman–Crippen LogP) is 2.97. The number of rotatable bonds is 8. The number of carbonyl (C=O) groups is 1. The number of fused-ring (bicyclic) bond motifs is 1. The molecule has 2 heterocycles. The topological polar surface area (TPSA) is 73.4 Å². The van der Waals surface area contributed by atoms with Crippen LogP contribution in [0.25, 0.3) is 10.9 Å². The molecule has 28 heavy (non-hydrogen) atoms. The molecule has 2 aromatic rings. The molecular weight excluding hydrogens is 352 g/mol. The molecule has 1 aromatic heterocycles. The second kappa shape index (κ2) is 8.21. The highest BCUT2D eigenvalue weighted by Gasteiger charge is 2.24. The van der Waals surface area contributed by atoms with Gasteiger partial charge in [0.25, 0.3) is 0 Å². The highest BCUT2D eigenvalue weighted by molar-refractivity contribution is 5.99. The van der Waals surface area contributed by atoms with E-state index < -0.39 is 0 Å². The smallest absolute Gasteiger partial charge is 0.248 e. The molecule has 1 unspecified atom stereocenters. The zero-order valence-electron chi connectivity index (χ0n) is 17.1. The standard InChI is InChI=1S/C22H32N4O2/c1-15(28-14-18-3-4-18)11-25-9-7-17(8-10-25)12-26-13-20-16(2)19(22(23)27)5-6-21(20)24-26/h5-6,13,15,17-18H,3-4,7-12,14H2,1-2H3,(H2,23,27). The van der Waals surface area contributed by atoms with Crippen molar-refractivity contribution >= 4 is 16.8 Å². The third-order valence-electron chi connectivity index (χ3n) is 6.25. The number of amides is 1. The molecule has 0 spiro atoms. The summed E-state index contributed by atoms with van der Waals surface area (Å²) in [5.74, 6) is 1.10. The Morgan fingerprint density at radius 2 is 2.00 bits per heavy atom. The highest BCUT2D eigenvalue weighted by atomic mass is 16.5. The Bertz CT molecular complexity index is 834. The van der Waals surface area contributed by atoms with Crippen LogP contribution in [0, 0.1) is 18.8 Å². The summed E-state index contributed by atoms with van der Waals surface area (Å²) in [7, 11) is 0. The summed E-state index contributed by atoms with van der Waals surface area (Å²) in [5.41, 5.74) is 7.90. The van der Waals surface area contributed by atoms with E-state index in [-0.39, 0.29) is 5.91 Å². The number of aromatic nitrogens is 2. The Labute approximate surface area is 167 Å². The third-order valence-corrected chi connectivity index (χ3v) is 6.25. The lowest BCUT2D eigenvalue weighted by molar-refractivity contribution is 0.0228. The number of nitrogens with two attached hydrogens (primary N) is 1. The van der Waals surface area contributed by atoms with Crippen molar-refractivity contribution in [3.8, 4) is 0 Å². The van der Waals surface area contributed by atoms with E-state index in [1.807, 2.05) is 17.7 Å². The van der Waals surface area contributed by atoms with Gasteiger partial charge in [-0.1, -0.05) is 0 Å². The monoisotopic (exact) mass is 384 g/mol. The van der Waals surface area contributed by atoms with Crippen LogP contribution in [0.1, 0.15) is 48.5 Å². The zero-order valence-corrected chi connectivity index (χ0v) is 17.1. The van der Waals surface area contributed by atoms with Crippen molar-refractivity contribution < 1.29 is 9.53 Å². The lowest BCUT2D eigenvalue weighted by Crippen LogP contribution is -2.39. The summed E-state index contributed by atoms with van der Waals surface area (Å²) >= 11 is 0. The van der Waals surface area contributed by atoms with E-state index in [0.717, 1.165) is 55.2 Å². The fraction of sp³-hybridized carbons (Fsp3) is 0.636. The summed E-state index contributed by atoms with van der Waals surface area (Å²) < 4.78 is 8.02. The molecule has 1 aromatic carbocycles. The van der Waals surface area contributed by atoms with Crippen LogP contribution in [-0.4, -0.2) is 52.9 Å². The second-order valence-electron chi connectivity index (χ2n) is 8.72. The minimum Gasteiger partial charge on any atom is -0.377 e. The lowest BCUT2D eigenvalue weighted by Gasteiger charge is -2.33. The SMILES string of the molecule is Cc1c(C(N)=O)ccc2nn(CC3CCN(CC(C)OCC4CC4)CC3)cc12. The van der Waals surface area contributed by atoms with Gasteiger partial charge < -0.3 is 15.4 Å². The maximum atomic E-state index is 11.6. The predicted molar refractivity (Wildman–Crippen MR) is 110 cm³/mol. The van der Waals surface area contributed by atoms with Gasteiger partial charge >= 0.3 is 0 Å². The first-order chi connectivity index (χ1) is 13.5. The molecule has 2 fully saturated rings.